The molecule has 0 radical (unpaired) electrons. The van der Waals surface area contributed by atoms with Crippen LogP contribution in [-0.2, 0) is 6.54 Å². The van der Waals surface area contributed by atoms with Gasteiger partial charge in [0.2, 0.25) is 5.95 Å². The first-order valence-corrected chi connectivity index (χ1v) is 9.33. The summed E-state index contributed by atoms with van der Waals surface area (Å²) in [7, 11) is 0. The van der Waals surface area contributed by atoms with Crippen molar-refractivity contribution in [2.75, 3.05) is 23.4 Å². The molecular weight excluding hydrogens is 336 g/mol. The highest BCUT2D eigenvalue weighted by Crippen LogP contribution is 2.27. The van der Waals surface area contributed by atoms with Gasteiger partial charge < -0.3 is 15.0 Å². The van der Waals surface area contributed by atoms with E-state index in [0.717, 1.165) is 42.0 Å². The van der Waals surface area contributed by atoms with Gasteiger partial charge in [-0.25, -0.2) is 4.98 Å². The third kappa shape index (κ3) is 4.97. The van der Waals surface area contributed by atoms with Crippen molar-refractivity contribution in [3.05, 3.63) is 71.9 Å². The van der Waals surface area contributed by atoms with Crippen LogP contribution >= 0.6 is 0 Å². The molecule has 0 bridgehead atoms. The molecule has 0 atom stereocenters. The van der Waals surface area contributed by atoms with E-state index in [0.29, 0.717) is 6.61 Å². The molecule has 2 aromatic carbocycles. The number of aromatic nitrogens is 2. The van der Waals surface area contributed by atoms with E-state index in [-0.39, 0.29) is 0 Å². The topological polar surface area (TPSA) is 50.3 Å². The maximum Gasteiger partial charge on any atom is 0.227 e. The van der Waals surface area contributed by atoms with Crippen LogP contribution in [0.1, 0.15) is 25.1 Å². The van der Waals surface area contributed by atoms with Gasteiger partial charge in [-0.3, -0.25) is 0 Å². The first kappa shape index (κ1) is 18.7. The van der Waals surface area contributed by atoms with Crippen LogP contribution in [0.4, 0.5) is 17.5 Å². The number of para-hydroxylation sites is 2. The number of hydrogen-bond acceptors (Lipinski definition) is 5. The highest BCUT2D eigenvalue weighted by Gasteiger charge is 2.12. The van der Waals surface area contributed by atoms with Crippen molar-refractivity contribution in [2.45, 2.75) is 27.3 Å². The minimum atomic E-state index is 0.618. The quantitative estimate of drug-likeness (QED) is 0.614. The Balaban J connectivity index is 1.85. The van der Waals surface area contributed by atoms with E-state index >= 15 is 0 Å². The van der Waals surface area contributed by atoms with Gasteiger partial charge in [0.25, 0.3) is 0 Å². The first-order chi connectivity index (χ1) is 13.2. The molecule has 140 valence electrons. The Morgan fingerprint density at radius 2 is 1.70 bits per heavy atom. The van der Waals surface area contributed by atoms with Crippen LogP contribution in [-0.4, -0.2) is 23.1 Å². The predicted molar refractivity (Wildman–Crippen MR) is 111 cm³/mol. The number of benzene rings is 2. The summed E-state index contributed by atoms with van der Waals surface area (Å²) in [5.41, 5.74) is 3.05. The molecule has 0 unspecified atom stereocenters. The molecule has 1 heterocycles. The van der Waals surface area contributed by atoms with Gasteiger partial charge in [0.05, 0.1) is 12.3 Å². The molecule has 0 amide bonds. The summed E-state index contributed by atoms with van der Waals surface area (Å²) in [6.45, 7) is 8.30. The number of aryl methyl sites for hydroxylation is 1. The van der Waals surface area contributed by atoms with Crippen molar-refractivity contribution in [1.29, 1.82) is 0 Å². The van der Waals surface area contributed by atoms with Gasteiger partial charge in [-0.05, 0) is 38.5 Å². The predicted octanol–water partition coefficient (Wildman–Crippen LogP) is 4.95. The monoisotopic (exact) mass is 362 g/mol. The van der Waals surface area contributed by atoms with E-state index in [4.69, 9.17) is 9.72 Å². The molecule has 0 aliphatic heterocycles. The summed E-state index contributed by atoms with van der Waals surface area (Å²) in [5, 5.41) is 3.38. The number of anilines is 3. The zero-order valence-electron chi connectivity index (χ0n) is 16.1. The Kier molecular flexibility index (Phi) is 6.26. The minimum absolute atomic E-state index is 0.618. The fraction of sp³-hybridized carbons (Fsp3) is 0.273. The molecule has 1 N–H and O–H groups in total. The van der Waals surface area contributed by atoms with E-state index in [1.54, 1.807) is 0 Å². The minimum Gasteiger partial charge on any atom is -0.492 e. The van der Waals surface area contributed by atoms with E-state index in [9.17, 15) is 0 Å². The molecule has 3 rings (SSSR count). The fourth-order valence-electron chi connectivity index (χ4n) is 2.88. The van der Waals surface area contributed by atoms with Crippen molar-refractivity contribution in [3.8, 4) is 5.75 Å². The van der Waals surface area contributed by atoms with E-state index in [2.05, 4.69) is 46.4 Å². The highest BCUT2D eigenvalue weighted by atomic mass is 16.5. The second-order valence-electron chi connectivity index (χ2n) is 6.25. The van der Waals surface area contributed by atoms with E-state index in [1.165, 1.54) is 5.56 Å². The Hall–Kier alpha value is -3.08. The van der Waals surface area contributed by atoms with Gasteiger partial charge in [-0.15, -0.1) is 0 Å². The van der Waals surface area contributed by atoms with Gasteiger partial charge in [0.1, 0.15) is 11.6 Å². The normalized spacial score (nSPS) is 10.5. The Labute approximate surface area is 161 Å². The van der Waals surface area contributed by atoms with Gasteiger partial charge >= 0.3 is 0 Å². The first-order valence-electron chi connectivity index (χ1n) is 9.33. The van der Waals surface area contributed by atoms with Gasteiger partial charge in [0, 0.05) is 24.8 Å². The fourth-order valence-corrected chi connectivity index (χ4v) is 2.88. The molecule has 0 saturated heterocycles. The maximum atomic E-state index is 5.70. The van der Waals surface area contributed by atoms with Crippen LogP contribution < -0.4 is 15.0 Å². The van der Waals surface area contributed by atoms with Crippen molar-refractivity contribution in [2.24, 2.45) is 0 Å². The number of ether oxygens (including phenoxy) is 1. The zero-order valence-corrected chi connectivity index (χ0v) is 16.1. The highest BCUT2D eigenvalue weighted by molar-refractivity contribution is 5.64. The molecule has 5 heteroatoms. The number of nitrogens with zero attached hydrogens (tertiary/aromatic N) is 3. The zero-order chi connectivity index (χ0) is 19.1. The lowest BCUT2D eigenvalue weighted by atomic mass is 10.2. The van der Waals surface area contributed by atoms with Gasteiger partial charge in [-0.2, -0.15) is 4.98 Å². The second-order valence-corrected chi connectivity index (χ2v) is 6.25. The molecule has 1 aromatic heterocycles. The van der Waals surface area contributed by atoms with Crippen LogP contribution in [0, 0.1) is 6.92 Å². The number of rotatable bonds is 8. The number of hydrogen-bond donors (Lipinski definition) is 1. The summed E-state index contributed by atoms with van der Waals surface area (Å²) in [6, 6.07) is 20.2. The summed E-state index contributed by atoms with van der Waals surface area (Å²) < 4.78 is 5.70. The summed E-state index contributed by atoms with van der Waals surface area (Å²) in [4.78, 5) is 11.6. The van der Waals surface area contributed by atoms with E-state index < -0.39 is 0 Å². The van der Waals surface area contributed by atoms with Gasteiger partial charge in [0.15, 0.2) is 0 Å². The Morgan fingerprint density at radius 3 is 2.44 bits per heavy atom. The molecule has 0 fully saturated rings. The third-order valence-electron chi connectivity index (χ3n) is 4.17. The SMILES string of the molecule is CCOc1ccccc1Nc1cc(C)nc(N(CC)Cc2ccccc2)n1. The maximum absolute atomic E-state index is 5.70. The van der Waals surface area contributed by atoms with Crippen LogP contribution in [0.5, 0.6) is 5.75 Å². The molecular formula is C22H26N4O. The molecule has 0 saturated carbocycles. The van der Waals surface area contributed by atoms with E-state index in [1.807, 2.05) is 50.2 Å². The van der Waals surface area contributed by atoms with Crippen LogP contribution in [0.2, 0.25) is 0 Å². The average Bonchev–Trinajstić information content (AvgIpc) is 2.68. The lowest BCUT2D eigenvalue weighted by molar-refractivity contribution is 0.342. The molecule has 5 nitrogen and oxygen atoms in total. The lowest BCUT2D eigenvalue weighted by Gasteiger charge is -2.22. The van der Waals surface area contributed by atoms with Crippen LogP contribution in [0.3, 0.4) is 0 Å². The molecule has 0 aliphatic rings. The van der Waals surface area contributed by atoms with Gasteiger partial charge in [-0.1, -0.05) is 42.5 Å². The van der Waals surface area contributed by atoms with Crippen LogP contribution in [0.25, 0.3) is 0 Å². The molecule has 0 aliphatic carbocycles. The Bertz CT molecular complexity index is 867. The Morgan fingerprint density at radius 1 is 0.963 bits per heavy atom. The summed E-state index contributed by atoms with van der Waals surface area (Å²) >= 11 is 0. The van der Waals surface area contributed by atoms with Crippen molar-refractivity contribution in [3.63, 3.8) is 0 Å². The second kappa shape index (κ2) is 9.03. The molecule has 27 heavy (non-hydrogen) atoms. The summed E-state index contributed by atoms with van der Waals surface area (Å²) in [5.74, 6) is 2.29. The van der Waals surface area contributed by atoms with Crippen molar-refractivity contribution in [1.82, 2.24) is 9.97 Å². The smallest absolute Gasteiger partial charge is 0.227 e. The molecule has 3 aromatic rings. The van der Waals surface area contributed by atoms with Crippen molar-refractivity contribution >= 4 is 17.5 Å². The van der Waals surface area contributed by atoms with Crippen molar-refractivity contribution < 1.29 is 4.74 Å². The standard InChI is InChI=1S/C22H26N4O/c1-4-26(16-18-11-7-6-8-12-18)22-23-17(3)15-21(25-22)24-19-13-9-10-14-20(19)27-5-2/h6-15H,4-5,16H2,1-3H3,(H,23,24,25). The lowest BCUT2D eigenvalue weighted by Crippen LogP contribution is -2.24. The largest absolute Gasteiger partial charge is 0.492 e. The third-order valence-corrected chi connectivity index (χ3v) is 4.17. The number of nitrogens with one attached hydrogen (secondary N) is 1. The molecule has 0 spiro atoms. The average molecular weight is 362 g/mol. The van der Waals surface area contributed by atoms with Crippen LogP contribution in [0.15, 0.2) is 60.7 Å². The summed E-state index contributed by atoms with van der Waals surface area (Å²) in [6.07, 6.45) is 0.